The van der Waals surface area contributed by atoms with Crippen LogP contribution in [0.15, 0.2) is 54.7 Å². The van der Waals surface area contributed by atoms with Crippen molar-refractivity contribution in [1.29, 1.82) is 0 Å². The molecule has 1 aromatic carbocycles. The standard InChI is InChI=1S/C18H23N3/c1-15(16-7-3-2-4-8-16)21-12-10-18(14-21)20-13-17-9-5-6-11-19-17/h2-9,11,15,18,20H,10,12-14H2,1H3. The van der Waals surface area contributed by atoms with E-state index in [0.29, 0.717) is 12.1 Å². The summed E-state index contributed by atoms with van der Waals surface area (Å²) < 4.78 is 0. The summed E-state index contributed by atoms with van der Waals surface area (Å²) in [5.74, 6) is 0. The van der Waals surface area contributed by atoms with Crippen LogP contribution in [0.3, 0.4) is 0 Å². The minimum absolute atomic E-state index is 0.493. The normalized spacial score (nSPS) is 20.5. The molecule has 1 fully saturated rings. The third-order valence-electron chi connectivity index (χ3n) is 4.35. The highest BCUT2D eigenvalue weighted by atomic mass is 15.2. The van der Waals surface area contributed by atoms with Crippen molar-refractivity contribution < 1.29 is 0 Å². The number of rotatable bonds is 5. The summed E-state index contributed by atoms with van der Waals surface area (Å²) in [6.07, 6.45) is 3.07. The Morgan fingerprint density at radius 3 is 2.76 bits per heavy atom. The van der Waals surface area contributed by atoms with Crippen LogP contribution in [-0.2, 0) is 6.54 Å². The molecule has 21 heavy (non-hydrogen) atoms. The quantitative estimate of drug-likeness (QED) is 0.913. The van der Waals surface area contributed by atoms with Gasteiger partial charge in [0.15, 0.2) is 0 Å². The molecule has 110 valence electrons. The van der Waals surface area contributed by atoms with Gasteiger partial charge in [-0.2, -0.15) is 0 Å². The molecule has 0 saturated carbocycles. The maximum absolute atomic E-state index is 4.37. The van der Waals surface area contributed by atoms with Crippen LogP contribution in [0.25, 0.3) is 0 Å². The Morgan fingerprint density at radius 2 is 2.00 bits per heavy atom. The van der Waals surface area contributed by atoms with Crippen molar-refractivity contribution in [3.63, 3.8) is 0 Å². The molecular formula is C18H23N3. The second kappa shape index (κ2) is 6.83. The summed E-state index contributed by atoms with van der Waals surface area (Å²) in [5.41, 5.74) is 2.52. The second-order valence-electron chi connectivity index (χ2n) is 5.77. The number of nitrogens with zero attached hydrogens (tertiary/aromatic N) is 2. The maximum atomic E-state index is 4.37. The van der Waals surface area contributed by atoms with Crippen molar-refractivity contribution >= 4 is 0 Å². The number of pyridine rings is 1. The van der Waals surface area contributed by atoms with Gasteiger partial charge in [0.1, 0.15) is 0 Å². The van der Waals surface area contributed by atoms with E-state index in [1.807, 2.05) is 18.3 Å². The molecule has 1 aliphatic rings. The van der Waals surface area contributed by atoms with Crippen LogP contribution < -0.4 is 5.32 Å². The third kappa shape index (κ3) is 3.69. The molecule has 1 aromatic heterocycles. The molecule has 3 heteroatoms. The topological polar surface area (TPSA) is 28.2 Å². The fraction of sp³-hybridized carbons (Fsp3) is 0.389. The Balaban J connectivity index is 1.51. The first-order valence-electron chi connectivity index (χ1n) is 7.75. The lowest BCUT2D eigenvalue weighted by molar-refractivity contribution is 0.255. The molecular weight excluding hydrogens is 258 g/mol. The Hall–Kier alpha value is -1.71. The number of benzene rings is 1. The zero-order valence-electron chi connectivity index (χ0n) is 12.6. The van der Waals surface area contributed by atoms with Crippen LogP contribution in [0.5, 0.6) is 0 Å². The second-order valence-corrected chi connectivity index (χ2v) is 5.77. The van der Waals surface area contributed by atoms with E-state index in [1.165, 1.54) is 12.0 Å². The summed E-state index contributed by atoms with van der Waals surface area (Å²) >= 11 is 0. The van der Waals surface area contributed by atoms with Gasteiger partial charge in [0.2, 0.25) is 0 Å². The Morgan fingerprint density at radius 1 is 1.19 bits per heavy atom. The van der Waals surface area contributed by atoms with Gasteiger partial charge in [-0.25, -0.2) is 0 Å². The summed E-state index contributed by atoms with van der Waals surface area (Å²) in [6.45, 7) is 5.44. The molecule has 0 bridgehead atoms. The summed E-state index contributed by atoms with van der Waals surface area (Å²) in [5, 5.41) is 3.63. The summed E-state index contributed by atoms with van der Waals surface area (Å²) in [4.78, 5) is 6.93. The molecule has 3 rings (SSSR count). The lowest BCUT2D eigenvalue weighted by Gasteiger charge is -2.24. The molecule has 3 nitrogen and oxygen atoms in total. The lowest BCUT2D eigenvalue weighted by atomic mass is 10.1. The van der Waals surface area contributed by atoms with Gasteiger partial charge < -0.3 is 5.32 Å². The van der Waals surface area contributed by atoms with Crippen LogP contribution in [0.2, 0.25) is 0 Å². The van der Waals surface area contributed by atoms with Gasteiger partial charge in [0.05, 0.1) is 5.69 Å². The van der Waals surface area contributed by atoms with E-state index in [2.05, 4.69) is 58.5 Å². The van der Waals surface area contributed by atoms with E-state index in [1.54, 1.807) is 0 Å². The van der Waals surface area contributed by atoms with Crippen molar-refractivity contribution in [2.75, 3.05) is 13.1 Å². The first kappa shape index (κ1) is 14.2. The van der Waals surface area contributed by atoms with E-state index in [9.17, 15) is 0 Å². The number of likely N-dealkylation sites (tertiary alicyclic amines) is 1. The van der Waals surface area contributed by atoms with Crippen molar-refractivity contribution in [2.24, 2.45) is 0 Å². The van der Waals surface area contributed by atoms with E-state index in [4.69, 9.17) is 0 Å². The Bertz CT molecular complexity index is 541. The molecule has 2 aromatic rings. The van der Waals surface area contributed by atoms with E-state index < -0.39 is 0 Å². The largest absolute Gasteiger partial charge is 0.307 e. The average molecular weight is 281 g/mol. The minimum atomic E-state index is 0.493. The van der Waals surface area contributed by atoms with Crippen LogP contribution in [0.4, 0.5) is 0 Å². The van der Waals surface area contributed by atoms with E-state index in [0.717, 1.165) is 25.3 Å². The van der Waals surface area contributed by atoms with Gasteiger partial charge in [-0.15, -0.1) is 0 Å². The first-order valence-corrected chi connectivity index (χ1v) is 7.75. The van der Waals surface area contributed by atoms with Crippen LogP contribution in [0, 0.1) is 0 Å². The number of hydrogen-bond donors (Lipinski definition) is 1. The molecule has 2 unspecified atom stereocenters. The first-order chi connectivity index (χ1) is 10.3. The van der Waals surface area contributed by atoms with E-state index in [-0.39, 0.29) is 0 Å². The molecule has 0 radical (unpaired) electrons. The highest BCUT2D eigenvalue weighted by molar-refractivity contribution is 5.18. The molecule has 2 heterocycles. The Kier molecular flexibility index (Phi) is 4.63. The van der Waals surface area contributed by atoms with Crippen molar-refractivity contribution in [2.45, 2.75) is 32.0 Å². The smallest absolute Gasteiger partial charge is 0.0541 e. The van der Waals surface area contributed by atoms with Crippen molar-refractivity contribution in [1.82, 2.24) is 15.2 Å². The van der Waals surface area contributed by atoms with Crippen LogP contribution in [-0.4, -0.2) is 29.0 Å². The SMILES string of the molecule is CC(c1ccccc1)N1CCC(NCc2ccccn2)C1. The number of aromatic nitrogens is 1. The molecule has 0 spiro atoms. The molecule has 1 aliphatic heterocycles. The van der Waals surface area contributed by atoms with Gasteiger partial charge >= 0.3 is 0 Å². The van der Waals surface area contributed by atoms with Gasteiger partial charge in [-0.05, 0) is 31.0 Å². The highest BCUT2D eigenvalue weighted by Crippen LogP contribution is 2.24. The molecule has 0 amide bonds. The zero-order valence-corrected chi connectivity index (χ0v) is 12.6. The fourth-order valence-electron chi connectivity index (χ4n) is 3.00. The minimum Gasteiger partial charge on any atom is -0.307 e. The van der Waals surface area contributed by atoms with Gasteiger partial charge in [-0.3, -0.25) is 9.88 Å². The van der Waals surface area contributed by atoms with Gasteiger partial charge in [0.25, 0.3) is 0 Å². The number of nitrogens with one attached hydrogen (secondary N) is 1. The summed E-state index contributed by atoms with van der Waals surface area (Å²) in [6, 6.07) is 17.9. The predicted molar refractivity (Wildman–Crippen MR) is 85.9 cm³/mol. The van der Waals surface area contributed by atoms with Crippen molar-refractivity contribution in [3.05, 3.63) is 66.0 Å². The maximum Gasteiger partial charge on any atom is 0.0541 e. The molecule has 1 saturated heterocycles. The van der Waals surface area contributed by atoms with E-state index >= 15 is 0 Å². The fourth-order valence-corrected chi connectivity index (χ4v) is 3.00. The third-order valence-corrected chi connectivity index (χ3v) is 4.35. The Labute approximate surface area is 127 Å². The van der Waals surface area contributed by atoms with Gasteiger partial charge in [0, 0.05) is 37.9 Å². The van der Waals surface area contributed by atoms with Crippen LogP contribution >= 0.6 is 0 Å². The lowest BCUT2D eigenvalue weighted by Crippen LogP contribution is -2.33. The zero-order chi connectivity index (χ0) is 14.5. The number of hydrogen-bond acceptors (Lipinski definition) is 3. The predicted octanol–water partition coefficient (Wildman–Crippen LogP) is 3.01. The molecule has 1 N–H and O–H groups in total. The van der Waals surface area contributed by atoms with Crippen molar-refractivity contribution in [3.8, 4) is 0 Å². The van der Waals surface area contributed by atoms with Gasteiger partial charge in [-0.1, -0.05) is 36.4 Å². The highest BCUT2D eigenvalue weighted by Gasteiger charge is 2.26. The van der Waals surface area contributed by atoms with Crippen LogP contribution in [0.1, 0.15) is 30.6 Å². The summed E-state index contributed by atoms with van der Waals surface area (Å²) in [7, 11) is 0. The monoisotopic (exact) mass is 281 g/mol. The molecule has 2 atom stereocenters. The average Bonchev–Trinajstić information content (AvgIpc) is 3.03. The molecule has 0 aliphatic carbocycles.